The Hall–Kier alpha value is -2.61. The van der Waals surface area contributed by atoms with Crippen molar-refractivity contribution < 1.29 is 4.79 Å². The van der Waals surface area contributed by atoms with Crippen LogP contribution in [0.1, 0.15) is 60.9 Å². The van der Waals surface area contributed by atoms with Crippen LogP contribution >= 0.6 is 11.8 Å². The summed E-state index contributed by atoms with van der Waals surface area (Å²) in [5.74, 6) is 1.16. The second kappa shape index (κ2) is 9.26. The van der Waals surface area contributed by atoms with E-state index in [1.165, 1.54) is 36.6 Å². The smallest absolute Gasteiger partial charge is 0.234 e. The Kier molecular flexibility index (Phi) is 6.46. The first-order valence-corrected chi connectivity index (χ1v) is 11.9. The number of hydrogen-bond donors (Lipinski definition) is 1. The molecule has 31 heavy (non-hydrogen) atoms. The summed E-state index contributed by atoms with van der Waals surface area (Å²) in [6.45, 7) is 7.96. The van der Waals surface area contributed by atoms with E-state index in [9.17, 15) is 4.79 Å². The van der Waals surface area contributed by atoms with Gasteiger partial charge in [-0.2, -0.15) is 5.10 Å². The van der Waals surface area contributed by atoms with E-state index in [1.807, 2.05) is 37.6 Å². The molecule has 1 amide bonds. The van der Waals surface area contributed by atoms with Crippen molar-refractivity contribution in [2.24, 2.45) is 0 Å². The standard InChI is InChI=1S/C23H30N6OS/c1-15-10-12-20(13-11-15)29-17(3)22(16(2)27-29)24-21(30)14-31-23-26-25-18(4)28(23)19-8-6-5-7-9-19/h10-13,19H,5-9,14H2,1-4H3,(H,24,30). The number of benzene rings is 1. The minimum Gasteiger partial charge on any atom is -0.322 e. The van der Waals surface area contributed by atoms with Crippen molar-refractivity contribution in [3.63, 3.8) is 0 Å². The largest absolute Gasteiger partial charge is 0.322 e. The Morgan fingerprint density at radius 2 is 1.77 bits per heavy atom. The van der Waals surface area contributed by atoms with Crippen LogP contribution in [0, 0.1) is 27.7 Å². The Labute approximate surface area is 187 Å². The van der Waals surface area contributed by atoms with Gasteiger partial charge in [-0.05, 0) is 52.7 Å². The predicted octanol–water partition coefficient (Wildman–Crippen LogP) is 4.93. The highest BCUT2D eigenvalue weighted by Crippen LogP contribution is 2.32. The minimum atomic E-state index is -0.0597. The Bertz CT molecular complexity index is 1060. The van der Waals surface area contributed by atoms with Crippen molar-refractivity contribution in [2.45, 2.75) is 71.0 Å². The van der Waals surface area contributed by atoms with Crippen LogP contribution in [0.4, 0.5) is 5.69 Å². The van der Waals surface area contributed by atoms with Crippen molar-refractivity contribution >= 4 is 23.4 Å². The third-order valence-electron chi connectivity index (χ3n) is 5.94. The molecule has 1 aromatic carbocycles. The third-order valence-corrected chi connectivity index (χ3v) is 6.88. The fraction of sp³-hybridized carbons (Fsp3) is 0.478. The number of anilines is 1. The first-order chi connectivity index (χ1) is 14.9. The molecule has 0 unspecified atom stereocenters. The molecule has 2 aromatic heterocycles. The monoisotopic (exact) mass is 438 g/mol. The number of thioether (sulfide) groups is 1. The van der Waals surface area contributed by atoms with Crippen LogP contribution in [-0.4, -0.2) is 36.2 Å². The Morgan fingerprint density at radius 1 is 1.06 bits per heavy atom. The number of nitrogens with zero attached hydrogens (tertiary/aromatic N) is 5. The van der Waals surface area contributed by atoms with Gasteiger partial charge in [-0.15, -0.1) is 10.2 Å². The number of rotatable bonds is 6. The fourth-order valence-corrected chi connectivity index (χ4v) is 5.13. The molecule has 1 N–H and O–H groups in total. The van der Waals surface area contributed by atoms with Gasteiger partial charge in [0.25, 0.3) is 0 Å². The van der Waals surface area contributed by atoms with Crippen LogP contribution in [0.5, 0.6) is 0 Å². The highest BCUT2D eigenvalue weighted by molar-refractivity contribution is 7.99. The maximum atomic E-state index is 12.7. The Morgan fingerprint density at radius 3 is 2.48 bits per heavy atom. The van der Waals surface area contributed by atoms with Crippen molar-refractivity contribution in [3.05, 3.63) is 47.0 Å². The molecule has 1 aliphatic carbocycles. The first kappa shape index (κ1) is 21.6. The molecule has 0 saturated heterocycles. The summed E-state index contributed by atoms with van der Waals surface area (Å²) >= 11 is 1.46. The summed E-state index contributed by atoms with van der Waals surface area (Å²) in [6, 6.07) is 8.65. The summed E-state index contributed by atoms with van der Waals surface area (Å²) < 4.78 is 4.10. The molecule has 4 rings (SSSR count). The van der Waals surface area contributed by atoms with E-state index in [0.717, 1.165) is 46.6 Å². The number of aryl methyl sites for hydroxylation is 3. The average Bonchev–Trinajstić information content (AvgIpc) is 3.27. The van der Waals surface area contributed by atoms with Gasteiger partial charge in [-0.25, -0.2) is 4.68 Å². The summed E-state index contributed by atoms with van der Waals surface area (Å²) in [7, 11) is 0. The maximum absolute atomic E-state index is 12.7. The molecule has 2 heterocycles. The molecule has 164 valence electrons. The van der Waals surface area contributed by atoms with Gasteiger partial charge < -0.3 is 9.88 Å². The van der Waals surface area contributed by atoms with E-state index in [1.54, 1.807) is 0 Å². The van der Waals surface area contributed by atoms with E-state index in [4.69, 9.17) is 0 Å². The summed E-state index contributed by atoms with van der Waals surface area (Å²) in [4.78, 5) is 12.7. The van der Waals surface area contributed by atoms with Crippen LogP contribution in [-0.2, 0) is 4.79 Å². The van der Waals surface area contributed by atoms with Gasteiger partial charge in [0, 0.05) is 6.04 Å². The first-order valence-electron chi connectivity index (χ1n) is 10.9. The third kappa shape index (κ3) is 4.69. The van der Waals surface area contributed by atoms with Gasteiger partial charge >= 0.3 is 0 Å². The van der Waals surface area contributed by atoms with E-state index in [0.29, 0.717) is 11.8 Å². The molecule has 0 atom stereocenters. The van der Waals surface area contributed by atoms with Crippen molar-refractivity contribution in [1.82, 2.24) is 24.5 Å². The second-order valence-electron chi connectivity index (χ2n) is 8.32. The normalized spacial score (nSPS) is 14.7. The number of aromatic nitrogens is 5. The molecule has 7 nitrogen and oxygen atoms in total. The summed E-state index contributed by atoms with van der Waals surface area (Å²) in [6.07, 6.45) is 6.12. The van der Waals surface area contributed by atoms with E-state index in [-0.39, 0.29) is 5.91 Å². The van der Waals surface area contributed by atoms with Gasteiger partial charge in [-0.3, -0.25) is 4.79 Å². The van der Waals surface area contributed by atoms with Crippen LogP contribution < -0.4 is 5.32 Å². The van der Waals surface area contributed by atoms with Gasteiger partial charge in [0.15, 0.2) is 5.16 Å². The van der Waals surface area contributed by atoms with Gasteiger partial charge in [0.1, 0.15) is 5.82 Å². The zero-order chi connectivity index (χ0) is 22.0. The van der Waals surface area contributed by atoms with Crippen molar-refractivity contribution in [1.29, 1.82) is 0 Å². The highest BCUT2D eigenvalue weighted by Gasteiger charge is 2.22. The van der Waals surface area contributed by atoms with Crippen LogP contribution in [0.25, 0.3) is 5.69 Å². The molecule has 0 bridgehead atoms. The minimum absolute atomic E-state index is 0.0597. The highest BCUT2D eigenvalue weighted by atomic mass is 32.2. The van der Waals surface area contributed by atoms with Crippen LogP contribution in [0.15, 0.2) is 29.4 Å². The molecule has 1 aliphatic rings. The molecule has 0 spiro atoms. The van der Waals surface area contributed by atoms with Gasteiger partial charge in [0.05, 0.1) is 28.5 Å². The summed E-state index contributed by atoms with van der Waals surface area (Å²) in [5.41, 5.74) is 4.68. The number of nitrogens with one attached hydrogen (secondary N) is 1. The number of carbonyl (C=O) groups excluding carboxylic acids is 1. The van der Waals surface area contributed by atoms with Gasteiger partial charge in [-0.1, -0.05) is 48.7 Å². The molecule has 1 saturated carbocycles. The number of carbonyl (C=O) groups is 1. The lowest BCUT2D eigenvalue weighted by Crippen LogP contribution is -2.18. The lowest BCUT2D eigenvalue weighted by Gasteiger charge is -2.24. The molecule has 3 aromatic rings. The topological polar surface area (TPSA) is 77.6 Å². The van der Waals surface area contributed by atoms with Crippen LogP contribution in [0.3, 0.4) is 0 Å². The van der Waals surface area contributed by atoms with Crippen LogP contribution in [0.2, 0.25) is 0 Å². The predicted molar refractivity (Wildman–Crippen MR) is 124 cm³/mol. The lowest BCUT2D eigenvalue weighted by molar-refractivity contribution is -0.113. The fourth-order valence-electron chi connectivity index (χ4n) is 4.27. The van der Waals surface area contributed by atoms with E-state index >= 15 is 0 Å². The molecular formula is C23H30N6OS. The molecule has 0 aliphatic heterocycles. The number of amides is 1. The van der Waals surface area contributed by atoms with Crippen molar-refractivity contribution in [2.75, 3.05) is 11.1 Å². The van der Waals surface area contributed by atoms with Crippen molar-refractivity contribution in [3.8, 4) is 5.69 Å². The Balaban J connectivity index is 1.44. The zero-order valence-corrected chi connectivity index (χ0v) is 19.5. The second-order valence-corrected chi connectivity index (χ2v) is 9.26. The van der Waals surface area contributed by atoms with E-state index in [2.05, 4.69) is 44.2 Å². The quantitative estimate of drug-likeness (QED) is 0.552. The maximum Gasteiger partial charge on any atom is 0.234 e. The van der Waals surface area contributed by atoms with E-state index < -0.39 is 0 Å². The SMILES string of the molecule is Cc1ccc(-n2nc(C)c(NC(=O)CSc3nnc(C)n3C3CCCCC3)c2C)cc1. The number of hydrogen-bond acceptors (Lipinski definition) is 5. The molecule has 1 fully saturated rings. The average molecular weight is 439 g/mol. The summed E-state index contributed by atoms with van der Waals surface area (Å²) in [5, 5.41) is 17.1. The molecule has 8 heteroatoms. The molecular weight excluding hydrogens is 408 g/mol. The van der Waals surface area contributed by atoms with Gasteiger partial charge in [0.2, 0.25) is 5.91 Å². The molecule has 0 radical (unpaired) electrons. The zero-order valence-electron chi connectivity index (χ0n) is 18.7. The lowest BCUT2D eigenvalue weighted by atomic mass is 9.95.